The highest BCUT2D eigenvalue weighted by Gasteiger charge is 2.45. The number of carbonyl (C=O) groups is 1. The Bertz CT molecular complexity index is 1270. The van der Waals surface area contributed by atoms with Gasteiger partial charge in [0.1, 0.15) is 6.10 Å². The monoisotopic (exact) mass is 456 g/mol. The van der Waals surface area contributed by atoms with Gasteiger partial charge in [-0.3, -0.25) is 9.78 Å². The van der Waals surface area contributed by atoms with Gasteiger partial charge in [-0.05, 0) is 55.4 Å². The summed E-state index contributed by atoms with van der Waals surface area (Å²) in [6.45, 7) is 1.49. The van der Waals surface area contributed by atoms with Crippen LogP contribution in [0.25, 0.3) is 22.5 Å². The van der Waals surface area contributed by atoms with Crippen molar-refractivity contribution in [3.05, 3.63) is 53.0 Å². The summed E-state index contributed by atoms with van der Waals surface area (Å²) >= 11 is 0. The molecule has 34 heavy (non-hydrogen) atoms. The van der Waals surface area contributed by atoms with E-state index in [0.717, 1.165) is 97.5 Å². The van der Waals surface area contributed by atoms with Crippen LogP contribution in [0, 0.1) is 0 Å². The van der Waals surface area contributed by atoms with Gasteiger partial charge < -0.3 is 19.8 Å². The molecule has 2 fully saturated rings. The second kappa shape index (κ2) is 7.67. The summed E-state index contributed by atoms with van der Waals surface area (Å²) in [4.78, 5) is 26.0. The smallest absolute Gasteiger partial charge is 0.253 e. The van der Waals surface area contributed by atoms with Gasteiger partial charge in [0.2, 0.25) is 5.88 Å². The van der Waals surface area contributed by atoms with Gasteiger partial charge in [0.05, 0.1) is 30.2 Å². The number of carbonyl (C=O) groups excluding carboxylic acids is 1. The summed E-state index contributed by atoms with van der Waals surface area (Å²) in [7, 11) is 0. The highest BCUT2D eigenvalue weighted by atomic mass is 16.5. The first-order valence-electron chi connectivity index (χ1n) is 12.4. The number of aromatic amines is 1. The number of nitrogens with one attached hydrogen (secondary N) is 2. The van der Waals surface area contributed by atoms with Crippen LogP contribution in [0.3, 0.4) is 0 Å². The maximum atomic E-state index is 13.0. The van der Waals surface area contributed by atoms with E-state index in [2.05, 4.69) is 21.4 Å². The first-order valence-corrected chi connectivity index (χ1v) is 12.4. The first kappa shape index (κ1) is 20.2. The summed E-state index contributed by atoms with van der Waals surface area (Å²) < 4.78 is 11.4. The Morgan fingerprint density at radius 1 is 1.09 bits per heavy atom. The number of aryl methyl sites for hydroxylation is 1. The fourth-order valence-electron chi connectivity index (χ4n) is 5.97. The summed E-state index contributed by atoms with van der Waals surface area (Å²) in [5, 5.41) is 3.32. The molecular formula is C27H28N4O3. The Hall–Kier alpha value is -3.19. The quantitative estimate of drug-likeness (QED) is 0.622. The van der Waals surface area contributed by atoms with Crippen LogP contribution in [0.15, 0.2) is 30.6 Å². The first-order chi connectivity index (χ1) is 16.7. The van der Waals surface area contributed by atoms with Gasteiger partial charge in [-0.25, -0.2) is 4.98 Å². The predicted octanol–water partition coefficient (Wildman–Crippen LogP) is 4.00. The Morgan fingerprint density at radius 2 is 1.97 bits per heavy atom. The van der Waals surface area contributed by atoms with E-state index in [1.165, 1.54) is 12.0 Å². The zero-order valence-corrected chi connectivity index (χ0v) is 19.2. The molecule has 7 nitrogen and oxygen atoms in total. The molecule has 174 valence electrons. The number of rotatable bonds is 3. The van der Waals surface area contributed by atoms with E-state index in [4.69, 9.17) is 14.5 Å². The minimum atomic E-state index is -0.0239. The van der Waals surface area contributed by atoms with E-state index < -0.39 is 0 Å². The molecule has 2 N–H and O–H groups in total. The normalized spacial score (nSPS) is 20.6. The Balaban J connectivity index is 1.19. The molecule has 2 aliphatic carbocycles. The molecule has 0 bridgehead atoms. The SMILES string of the molecule is O=C1NC2(CCC2)Cc2[nH]c3c(c21)CCc1cnc(-c2ccc(OC4CCOCC4)nc2)cc1-3. The van der Waals surface area contributed by atoms with Crippen LogP contribution in [0.5, 0.6) is 5.88 Å². The average Bonchev–Trinajstić information content (AvgIpc) is 3.23. The summed E-state index contributed by atoms with van der Waals surface area (Å²) in [6, 6.07) is 6.09. The van der Waals surface area contributed by atoms with Gasteiger partial charge >= 0.3 is 0 Å². The number of hydrogen-bond acceptors (Lipinski definition) is 5. The van der Waals surface area contributed by atoms with Crippen LogP contribution in [-0.2, 0) is 24.0 Å². The molecule has 1 saturated heterocycles. The molecule has 1 amide bonds. The molecule has 5 heterocycles. The number of hydrogen-bond donors (Lipinski definition) is 2. The fourth-order valence-corrected chi connectivity index (χ4v) is 5.97. The molecule has 4 aliphatic rings. The van der Waals surface area contributed by atoms with Crippen LogP contribution < -0.4 is 10.1 Å². The molecule has 1 spiro atoms. The van der Waals surface area contributed by atoms with Crippen molar-refractivity contribution in [2.45, 2.75) is 63.0 Å². The van der Waals surface area contributed by atoms with Crippen molar-refractivity contribution < 1.29 is 14.3 Å². The molecule has 0 unspecified atom stereocenters. The van der Waals surface area contributed by atoms with Crippen LogP contribution in [0.4, 0.5) is 0 Å². The van der Waals surface area contributed by atoms with E-state index in [1.807, 2.05) is 24.5 Å². The third-order valence-electron chi connectivity index (χ3n) is 8.00. The lowest BCUT2D eigenvalue weighted by Gasteiger charge is -2.45. The number of ether oxygens (including phenoxy) is 2. The second-order valence-electron chi connectivity index (χ2n) is 10.1. The number of fused-ring (bicyclic) bond motifs is 5. The van der Waals surface area contributed by atoms with Crippen LogP contribution in [-0.4, -0.2) is 45.7 Å². The predicted molar refractivity (Wildman–Crippen MR) is 127 cm³/mol. The summed E-state index contributed by atoms with van der Waals surface area (Å²) in [5.74, 6) is 0.740. The lowest BCUT2D eigenvalue weighted by atomic mass is 9.71. The van der Waals surface area contributed by atoms with E-state index >= 15 is 0 Å². The van der Waals surface area contributed by atoms with Crippen molar-refractivity contribution in [2.75, 3.05) is 13.2 Å². The van der Waals surface area contributed by atoms with E-state index in [9.17, 15) is 4.79 Å². The zero-order chi connectivity index (χ0) is 22.7. The second-order valence-corrected chi connectivity index (χ2v) is 10.1. The molecule has 2 aliphatic heterocycles. The average molecular weight is 457 g/mol. The van der Waals surface area contributed by atoms with Crippen molar-refractivity contribution in [2.24, 2.45) is 0 Å². The number of H-pyrrole nitrogens is 1. The lowest BCUT2D eigenvalue weighted by Crippen LogP contribution is -2.57. The highest BCUT2D eigenvalue weighted by molar-refractivity contribution is 6.01. The van der Waals surface area contributed by atoms with Gasteiger partial charge in [-0.1, -0.05) is 0 Å². The van der Waals surface area contributed by atoms with Crippen molar-refractivity contribution in [3.8, 4) is 28.4 Å². The zero-order valence-electron chi connectivity index (χ0n) is 19.2. The lowest BCUT2D eigenvalue weighted by molar-refractivity contribution is 0.0237. The third kappa shape index (κ3) is 3.25. The largest absolute Gasteiger partial charge is 0.474 e. The Morgan fingerprint density at radius 3 is 2.74 bits per heavy atom. The molecular weight excluding hydrogens is 428 g/mol. The molecule has 1 saturated carbocycles. The van der Waals surface area contributed by atoms with Crippen molar-refractivity contribution in [3.63, 3.8) is 0 Å². The van der Waals surface area contributed by atoms with Crippen LogP contribution in [0.2, 0.25) is 0 Å². The topological polar surface area (TPSA) is 89.1 Å². The molecule has 0 aromatic carbocycles. The number of pyridine rings is 2. The van der Waals surface area contributed by atoms with Crippen molar-refractivity contribution >= 4 is 5.91 Å². The highest BCUT2D eigenvalue weighted by Crippen LogP contribution is 2.43. The molecule has 7 rings (SSSR count). The number of nitrogens with zero attached hydrogens (tertiary/aromatic N) is 2. The van der Waals surface area contributed by atoms with Gasteiger partial charge in [0.15, 0.2) is 0 Å². The minimum Gasteiger partial charge on any atom is -0.474 e. The number of amides is 1. The molecule has 0 radical (unpaired) electrons. The van der Waals surface area contributed by atoms with Gasteiger partial charge in [-0.2, -0.15) is 0 Å². The van der Waals surface area contributed by atoms with E-state index in [1.54, 1.807) is 0 Å². The molecule has 0 atom stereocenters. The molecule has 7 heteroatoms. The molecule has 3 aromatic rings. The standard InChI is InChI=1S/C27H28N4O3/c32-26-24-19-4-2-16-14-28-21(17-3-5-23(29-15-17)34-18-6-10-33-11-7-18)12-20(16)25(19)30-22(24)13-27(31-26)8-1-9-27/h3,5,12,14-15,18,30H,1-2,4,6-11,13H2,(H,31,32). The Kier molecular flexibility index (Phi) is 4.56. The summed E-state index contributed by atoms with van der Waals surface area (Å²) in [5.41, 5.74) is 8.42. The minimum absolute atomic E-state index is 0.0239. The van der Waals surface area contributed by atoms with E-state index in [-0.39, 0.29) is 17.6 Å². The third-order valence-corrected chi connectivity index (χ3v) is 8.00. The van der Waals surface area contributed by atoms with Crippen LogP contribution in [0.1, 0.15) is 59.3 Å². The summed E-state index contributed by atoms with van der Waals surface area (Å²) in [6.07, 6.45) is 11.8. The molecule has 3 aromatic heterocycles. The van der Waals surface area contributed by atoms with Gasteiger partial charge in [-0.15, -0.1) is 0 Å². The maximum absolute atomic E-state index is 13.0. The number of aromatic nitrogens is 3. The van der Waals surface area contributed by atoms with Crippen molar-refractivity contribution in [1.29, 1.82) is 0 Å². The van der Waals surface area contributed by atoms with Gasteiger partial charge in [0, 0.05) is 60.1 Å². The Labute approximate surface area is 198 Å². The van der Waals surface area contributed by atoms with Crippen molar-refractivity contribution in [1.82, 2.24) is 20.3 Å². The maximum Gasteiger partial charge on any atom is 0.253 e. The van der Waals surface area contributed by atoms with Crippen LogP contribution >= 0.6 is 0 Å². The fraction of sp³-hybridized carbons (Fsp3) is 0.444. The van der Waals surface area contributed by atoms with Gasteiger partial charge in [0.25, 0.3) is 5.91 Å². The van der Waals surface area contributed by atoms with E-state index in [0.29, 0.717) is 5.88 Å².